The molecule has 0 aromatic heterocycles. The molecule has 0 aliphatic rings. The SMILES string of the molecule is Cc1cccc(N)c1CCCCOC(=O)COc1ccccc1. The molecule has 0 aliphatic carbocycles. The minimum Gasteiger partial charge on any atom is -0.482 e. The largest absolute Gasteiger partial charge is 0.482 e. The Bertz CT molecular complexity index is 606. The summed E-state index contributed by atoms with van der Waals surface area (Å²) in [5.74, 6) is 0.323. The highest BCUT2D eigenvalue weighted by Gasteiger charge is 2.05. The van der Waals surface area contributed by atoms with Gasteiger partial charge < -0.3 is 15.2 Å². The molecule has 2 aromatic carbocycles. The van der Waals surface area contributed by atoms with E-state index in [2.05, 4.69) is 13.0 Å². The lowest BCUT2D eigenvalue weighted by Gasteiger charge is -2.09. The van der Waals surface area contributed by atoms with Crippen molar-refractivity contribution in [2.24, 2.45) is 0 Å². The van der Waals surface area contributed by atoms with E-state index in [4.69, 9.17) is 15.2 Å². The molecule has 0 heterocycles. The van der Waals surface area contributed by atoms with Crippen LogP contribution in [0.25, 0.3) is 0 Å². The summed E-state index contributed by atoms with van der Waals surface area (Å²) < 4.78 is 10.5. The molecule has 0 aliphatic heterocycles. The van der Waals surface area contributed by atoms with Gasteiger partial charge in [0.05, 0.1) is 6.61 Å². The van der Waals surface area contributed by atoms with Crippen molar-refractivity contribution in [3.63, 3.8) is 0 Å². The van der Waals surface area contributed by atoms with E-state index < -0.39 is 0 Å². The summed E-state index contributed by atoms with van der Waals surface area (Å²) in [6, 6.07) is 15.2. The van der Waals surface area contributed by atoms with Gasteiger partial charge in [-0.1, -0.05) is 30.3 Å². The van der Waals surface area contributed by atoms with Gasteiger partial charge in [-0.05, 0) is 55.5 Å². The molecular weight excluding hydrogens is 290 g/mol. The lowest BCUT2D eigenvalue weighted by molar-refractivity contribution is -0.146. The number of aryl methyl sites for hydroxylation is 1. The van der Waals surface area contributed by atoms with Gasteiger partial charge in [0.1, 0.15) is 5.75 Å². The van der Waals surface area contributed by atoms with Gasteiger partial charge in [0.2, 0.25) is 0 Å². The molecule has 0 radical (unpaired) electrons. The predicted molar refractivity (Wildman–Crippen MR) is 91.4 cm³/mol. The standard InChI is InChI=1S/C19H23NO3/c1-15-8-7-12-18(20)17(15)11-5-6-13-22-19(21)14-23-16-9-3-2-4-10-16/h2-4,7-10,12H,5-6,11,13-14,20H2,1H3. The Morgan fingerprint density at radius 2 is 1.83 bits per heavy atom. The molecule has 0 fully saturated rings. The van der Waals surface area contributed by atoms with Crippen LogP contribution in [0.4, 0.5) is 5.69 Å². The smallest absolute Gasteiger partial charge is 0.344 e. The van der Waals surface area contributed by atoms with Crippen molar-refractivity contribution in [2.75, 3.05) is 18.9 Å². The monoisotopic (exact) mass is 313 g/mol. The van der Waals surface area contributed by atoms with Crippen LogP contribution in [0, 0.1) is 6.92 Å². The van der Waals surface area contributed by atoms with Gasteiger partial charge in [-0.25, -0.2) is 4.79 Å². The van der Waals surface area contributed by atoms with Gasteiger partial charge >= 0.3 is 5.97 Å². The molecule has 0 saturated carbocycles. The van der Waals surface area contributed by atoms with E-state index in [1.54, 1.807) is 12.1 Å². The van der Waals surface area contributed by atoms with Crippen LogP contribution in [0.2, 0.25) is 0 Å². The topological polar surface area (TPSA) is 61.5 Å². The van der Waals surface area contributed by atoms with Crippen molar-refractivity contribution in [1.82, 2.24) is 0 Å². The summed E-state index contributed by atoms with van der Waals surface area (Å²) in [5.41, 5.74) is 9.20. The highest BCUT2D eigenvalue weighted by Crippen LogP contribution is 2.18. The number of ether oxygens (including phenoxy) is 2. The third kappa shape index (κ3) is 5.66. The Morgan fingerprint density at radius 1 is 1.04 bits per heavy atom. The van der Waals surface area contributed by atoms with Gasteiger partial charge in [-0.3, -0.25) is 0 Å². The fourth-order valence-corrected chi connectivity index (χ4v) is 2.36. The van der Waals surface area contributed by atoms with Gasteiger partial charge in [0.25, 0.3) is 0 Å². The first-order valence-corrected chi connectivity index (χ1v) is 7.84. The van der Waals surface area contributed by atoms with Crippen LogP contribution in [-0.2, 0) is 16.0 Å². The average molecular weight is 313 g/mol. The molecule has 0 unspecified atom stereocenters. The zero-order valence-electron chi connectivity index (χ0n) is 13.5. The van der Waals surface area contributed by atoms with E-state index >= 15 is 0 Å². The number of carbonyl (C=O) groups is 1. The van der Waals surface area contributed by atoms with Crippen LogP contribution in [0.3, 0.4) is 0 Å². The molecule has 23 heavy (non-hydrogen) atoms. The van der Waals surface area contributed by atoms with E-state index in [1.165, 1.54) is 11.1 Å². The van der Waals surface area contributed by atoms with E-state index in [0.717, 1.165) is 24.9 Å². The molecule has 2 N–H and O–H groups in total. The predicted octanol–water partition coefficient (Wildman–Crippen LogP) is 3.52. The molecule has 2 rings (SSSR count). The van der Waals surface area contributed by atoms with E-state index in [-0.39, 0.29) is 12.6 Å². The fourth-order valence-electron chi connectivity index (χ4n) is 2.36. The van der Waals surface area contributed by atoms with Crippen molar-refractivity contribution >= 4 is 11.7 Å². The zero-order chi connectivity index (χ0) is 16.5. The highest BCUT2D eigenvalue weighted by atomic mass is 16.6. The van der Waals surface area contributed by atoms with E-state index in [0.29, 0.717) is 12.4 Å². The van der Waals surface area contributed by atoms with Gasteiger partial charge in [0, 0.05) is 5.69 Å². The Kier molecular flexibility index (Phi) is 6.48. The van der Waals surface area contributed by atoms with Crippen molar-refractivity contribution < 1.29 is 14.3 Å². The third-order valence-electron chi connectivity index (χ3n) is 3.63. The maximum Gasteiger partial charge on any atom is 0.344 e. The van der Waals surface area contributed by atoms with Gasteiger partial charge in [-0.15, -0.1) is 0 Å². The summed E-state index contributed by atoms with van der Waals surface area (Å²) >= 11 is 0. The van der Waals surface area contributed by atoms with Crippen LogP contribution in [-0.4, -0.2) is 19.2 Å². The molecule has 0 amide bonds. The summed E-state index contributed by atoms with van der Waals surface area (Å²) in [6.45, 7) is 2.41. The number of benzene rings is 2. The number of hydrogen-bond donors (Lipinski definition) is 1. The number of carbonyl (C=O) groups excluding carboxylic acids is 1. The highest BCUT2D eigenvalue weighted by molar-refractivity contribution is 5.71. The molecular formula is C19H23NO3. The normalized spacial score (nSPS) is 10.3. The second-order valence-electron chi connectivity index (χ2n) is 5.42. The average Bonchev–Trinajstić information content (AvgIpc) is 2.56. The fraction of sp³-hybridized carbons (Fsp3) is 0.316. The number of unbranched alkanes of at least 4 members (excludes halogenated alkanes) is 1. The van der Waals surface area contributed by atoms with Crippen LogP contribution in [0.5, 0.6) is 5.75 Å². The first kappa shape index (κ1) is 16.9. The summed E-state index contributed by atoms with van der Waals surface area (Å²) in [4.78, 5) is 11.6. The number of anilines is 1. The van der Waals surface area contributed by atoms with Crippen molar-refractivity contribution in [2.45, 2.75) is 26.2 Å². The van der Waals surface area contributed by atoms with Crippen LogP contribution in [0.15, 0.2) is 48.5 Å². The van der Waals surface area contributed by atoms with Gasteiger partial charge in [0.15, 0.2) is 6.61 Å². The minimum atomic E-state index is -0.343. The van der Waals surface area contributed by atoms with Crippen LogP contribution >= 0.6 is 0 Å². The zero-order valence-corrected chi connectivity index (χ0v) is 13.5. The first-order chi connectivity index (χ1) is 11.2. The summed E-state index contributed by atoms with van der Waals surface area (Å²) in [6.07, 6.45) is 2.64. The Balaban J connectivity index is 1.61. The van der Waals surface area contributed by atoms with Gasteiger partial charge in [-0.2, -0.15) is 0 Å². The second kappa shape index (κ2) is 8.83. The maximum atomic E-state index is 11.6. The van der Waals surface area contributed by atoms with E-state index in [9.17, 15) is 4.79 Å². The number of hydrogen-bond acceptors (Lipinski definition) is 4. The lowest BCUT2D eigenvalue weighted by Crippen LogP contribution is -2.15. The van der Waals surface area contributed by atoms with Crippen molar-refractivity contribution in [3.8, 4) is 5.75 Å². The Labute approximate surface area is 137 Å². The summed E-state index contributed by atoms with van der Waals surface area (Å²) in [5, 5.41) is 0. The summed E-state index contributed by atoms with van der Waals surface area (Å²) in [7, 11) is 0. The Hall–Kier alpha value is -2.49. The van der Waals surface area contributed by atoms with Crippen molar-refractivity contribution in [1.29, 1.82) is 0 Å². The molecule has 4 heteroatoms. The number of rotatable bonds is 8. The minimum absolute atomic E-state index is 0.0608. The number of nitrogens with two attached hydrogens (primary N) is 1. The second-order valence-corrected chi connectivity index (χ2v) is 5.42. The quantitative estimate of drug-likeness (QED) is 0.460. The maximum absolute atomic E-state index is 11.6. The molecule has 4 nitrogen and oxygen atoms in total. The van der Waals surface area contributed by atoms with Crippen LogP contribution in [0.1, 0.15) is 24.0 Å². The molecule has 122 valence electrons. The van der Waals surface area contributed by atoms with E-state index in [1.807, 2.05) is 30.3 Å². The van der Waals surface area contributed by atoms with Crippen molar-refractivity contribution in [3.05, 3.63) is 59.7 Å². The Morgan fingerprint density at radius 3 is 2.57 bits per heavy atom. The third-order valence-corrected chi connectivity index (χ3v) is 3.63. The first-order valence-electron chi connectivity index (χ1n) is 7.84. The molecule has 0 bridgehead atoms. The lowest BCUT2D eigenvalue weighted by atomic mass is 10.0. The number of esters is 1. The molecule has 0 spiro atoms. The molecule has 0 atom stereocenters. The van der Waals surface area contributed by atoms with Crippen LogP contribution < -0.4 is 10.5 Å². The number of nitrogen functional groups attached to an aromatic ring is 1. The molecule has 0 saturated heterocycles. The number of para-hydroxylation sites is 1. The molecule has 2 aromatic rings.